The van der Waals surface area contributed by atoms with E-state index in [4.69, 9.17) is 4.98 Å². The molecule has 0 fully saturated rings. The molecule has 0 unspecified atom stereocenters. The van der Waals surface area contributed by atoms with Crippen molar-refractivity contribution in [3.8, 4) is 22.9 Å². The smallest absolute Gasteiger partial charge is 0.200 e. The highest BCUT2D eigenvalue weighted by Crippen LogP contribution is 2.35. The molecular weight excluding hydrogens is 402 g/mol. The number of imidazole rings is 1. The van der Waals surface area contributed by atoms with Gasteiger partial charge in [-0.25, -0.2) is 34.9 Å². The predicted molar refractivity (Wildman–Crippen MR) is 119 cm³/mol. The Bertz CT molecular complexity index is 1800. The lowest BCUT2D eigenvalue weighted by Crippen LogP contribution is -2.00. The van der Waals surface area contributed by atoms with Crippen LogP contribution in [0.2, 0.25) is 0 Å². The number of H-pyrrole nitrogens is 2. The maximum atomic E-state index is 4.85. The van der Waals surface area contributed by atoms with E-state index < -0.39 is 0 Å². The fraction of sp³-hybridized carbons (Fsp3) is 0. The second-order valence-corrected chi connectivity index (χ2v) is 7.30. The van der Waals surface area contributed by atoms with Gasteiger partial charge in [-0.3, -0.25) is 0 Å². The fourth-order valence-electron chi connectivity index (χ4n) is 4.02. The Morgan fingerprint density at radius 3 is 2.59 bits per heavy atom. The number of nitrogens with zero attached hydrogens (tertiary/aromatic N) is 7. The third-order valence-corrected chi connectivity index (χ3v) is 5.46. The van der Waals surface area contributed by atoms with E-state index in [1.165, 1.54) is 0 Å². The van der Waals surface area contributed by atoms with Gasteiger partial charge in [0, 0.05) is 34.2 Å². The molecule has 0 aliphatic rings. The van der Waals surface area contributed by atoms with Crippen LogP contribution in [0.3, 0.4) is 0 Å². The molecule has 5 aromatic heterocycles. The highest BCUT2D eigenvalue weighted by Gasteiger charge is 2.18. The van der Waals surface area contributed by atoms with Gasteiger partial charge in [0.25, 0.3) is 0 Å². The van der Waals surface area contributed by atoms with Crippen molar-refractivity contribution in [2.75, 3.05) is 0 Å². The molecule has 32 heavy (non-hydrogen) atoms. The van der Waals surface area contributed by atoms with Crippen LogP contribution in [0, 0.1) is 6.33 Å². The van der Waals surface area contributed by atoms with Gasteiger partial charge in [-0.15, -0.1) is 0 Å². The Morgan fingerprint density at radius 2 is 1.59 bits per heavy atom. The molecule has 2 N–H and O–H groups in total. The average Bonchev–Trinajstić information content (AvgIpc) is 3.47. The van der Waals surface area contributed by atoms with Crippen molar-refractivity contribution < 1.29 is 0 Å². The molecule has 0 atom stereocenters. The van der Waals surface area contributed by atoms with Crippen LogP contribution >= 0.6 is 0 Å². The molecule has 0 aliphatic heterocycles. The van der Waals surface area contributed by atoms with E-state index in [-0.39, 0.29) is 0 Å². The van der Waals surface area contributed by atoms with Crippen LogP contribution in [0.25, 0.3) is 67.0 Å². The minimum absolute atomic E-state index is 0.355. The van der Waals surface area contributed by atoms with Gasteiger partial charge in [0.15, 0.2) is 23.4 Å². The largest absolute Gasteiger partial charge is 0.354 e. The van der Waals surface area contributed by atoms with E-state index in [9.17, 15) is 0 Å². The summed E-state index contributed by atoms with van der Waals surface area (Å²) < 4.78 is 0. The molecule has 0 aliphatic carbocycles. The number of hydrogen-bond acceptors (Lipinski definition) is 7. The molecule has 0 spiro atoms. The summed E-state index contributed by atoms with van der Waals surface area (Å²) in [5.41, 5.74) is 5.93. The Balaban J connectivity index is 1.52. The minimum atomic E-state index is 0.355. The van der Waals surface area contributed by atoms with Gasteiger partial charge in [0.2, 0.25) is 5.82 Å². The van der Waals surface area contributed by atoms with Crippen molar-refractivity contribution in [3.63, 3.8) is 0 Å². The maximum absolute atomic E-state index is 4.85. The van der Waals surface area contributed by atoms with Gasteiger partial charge >= 0.3 is 0 Å². The summed E-state index contributed by atoms with van der Waals surface area (Å²) in [5.74, 6) is 0.710. The summed E-state index contributed by atoms with van der Waals surface area (Å²) in [4.78, 5) is 37.6. The first-order valence-corrected chi connectivity index (χ1v) is 9.93. The molecule has 1 radical (unpaired) electrons. The fourth-order valence-corrected chi connectivity index (χ4v) is 4.02. The number of fused-ring (bicyclic) bond motifs is 5. The maximum Gasteiger partial charge on any atom is 0.200 e. The normalized spacial score (nSPS) is 11.8. The molecule has 2 aromatic carbocycles. The lowest BCUT2D eigenvalue weighted by Gasteiger charge is -2.07. The molecule has 9 nitrogen and oxygen atoms in total. The predicted octanol–water partition coefficient (Wildman–Crippen LogP) is 3.85. The van der Waals surface area contributed by atoms with E-state index in [0.717, 1.165) is 27.4 Å². The molecule has 0 saturated carbocycles. The molecular formula is C23H12N9. The van der Waals surface area contributed by atoms with Crippen LogP contribution in [-0.4, -0.2) is 44.9 Å². The Labute approximate surface area is 179 Å². The van der Waals surface area contributed by atoms with Crippen molar-refractivity contribution in [1.29, 1.82) is 0 Å². The zero-order valence-corrected chi connectivity index (χ0v) is 16.4. The molecule has 7 aromatic rings. The summed E-state index contributed by atoms with van der Waals surface area (Å²) in [6.07, 6.45) is 7.59. The standard InChI is InChI=1S/C23H12N9/c1-2-7-15-12(4-1)13-5-3-6-14(17(13)29-15)18-19-21(28-11-27-19)32-23(30-18)22-26-10-16-20(31-22)25-9-8-24-16/h1-10,29H,(H,27,28,30,32). The van der Waals surface area contributed by atoms with E-state index >= 15 is 0 Å². The molecule has 0 amide bonds. The van der Waals surface area contributed by atoms with E-state index in [1.54, 1.807) is 18.6 Å². The van der Waals surface area contributed by atoms with Gasteiger partial charge in [-0.05, 0) is 6.07 Å². The van der Waals surface area contributed by atoms with Crippen molar-refractivity contribution >= 4 is 44.1 Å². The first kappa shape index (κ1) is 16.9. The average molecular weight is 414 g/mol. The second kappa shape index (κ2) is 6.35. The number of benzene rings is 2. The quantitative estimate of drug-likeness (QED) is 0.440. The number of hydrogen-bond donors (Lipinski definition) is 2. The molecule has 0 saturated heterocycles. The first-order chi connectivity index (χ1) is 15.8. The van der Waals surface area contributed by atoms with Crippen LogP contribution in [0.5, 0.6) is 0 Å². The third-order valence-electron chi connectivity index (χ3n) is 5.46. The van der Waals surface area contributed by atoms with Gasteiger partial charge in [-0.2, -0.15) is 0 Å². The Kier molecular flexibility index (Phi) is 3.36. The van der Waals surface area contributed by atoms with E-state index in [1.807, 2.05) is 24.3 Å². The summed E-state index contributed by atoms with van der Waals surface area (Å²) in [6.45, 7) is 0. The number of rotatable bonds is 2. The van der Waals surface area contributed by atoms with Crippen LogP contribution in [-0.2, 0) is 0 Å². The third kappa shape index (κ3) is 2.42. The van der Waals surface area contributed by atoms with Gasteiger partial charge < -0.3 is 9.97 Å². The highest BCUT2D eigenvalue weighted by atomic mass is 15.1. The van der Waals surface area contributed by atoms with Crippen molar-refractivity contribution in [2.45, 2.75) is 0 Å². The highest BCUT2D eigenvalue weighted by molar-refractivity contribution is 6.12. The van der Waals surface area contributed by atoms with E-state index in [0.29, 0.717) is 39.7 Å². The van der Waals surface area contributed by atoms with Gasteiger partial charge in [-0.1, -0.05) is 36.4 Å². The monoisotopic (exact) mass is 414 g/mol. The van der Waals surface area contributed by atoms with E-state index in [2.05, 4.69) is 64.4 Å². The molecule has 9 heteroatoms. The van der Waals surface area contributed by atoms with Crippen LogP contribution < -0.4 is 0 Å². The summed E-state index contributed by atoms with van der Waals surface area (Å²) >= 11 is 0. The van der Waals surface area contributed by atoms with Crippen LogP contribution in [0.1, 0.15) is 0 Å². The molecule has 7 rings (SSSR count). The topological polar surface area (TPSA) is 122 Å². The summed E-state index contributed by atoms with van der Waals surface area (Å²) in [6, 6.07) is 14.4. The Morgan fingerprint density at radius 1 is 0.719 bits per heavy atom. The van der Waals surface area contributed by atoms with Crippen molar-refractivity contribution in [1.82, 2.24) is 44.9 Å². The lowest BCUT2D eigenvalue weighted by atomic mass is 10.1. The van der Waals surface area contributed by atoms with Crippen molar-refractivity contribution in [3.05, 3.63) is 67.4 Å². The summed E-state index contributed by atoms with van der Waals surface area (Å²) in [5, 5.41) is 2.27. The molecule has 149 valence electrons. The molecule has 0 bridgehead atoms. The number of aromatic nitrogens is 9. The minimum Gasteiger partial charge on any atom is -0.354 e. The number of para-hydroxylation sites is 2. The first-order valence-electron chi connectivity index (χ1n) is 9.93. The molecule has 5 heterocycles. The van der Waals surface area contributed by atoms with Gasteiger partial charge in [0.05, 0.1) is 11.7 Å². The zero-order chi connectivity index (χ0) is 21.1. The number of nitrogens with one attached hydrogen (secondary N) is 2. The Hall–Kier alpha value is -4.79. The van der Waals surface area contributed by atoms with Crippen LogP contribution in [0.4, 0.5) is 0 Å². The SMILES string of the molecule is [c]1nc2nc(-c3ncc4nccnc4n3)nc(-c3cccc4c3[nH]c3ccccc34)c2[nH]1. The summed E-state index contributed by atoms with van der Waals surface area (Å²) in [7, 11) is 0. The lowest BCUT2D eigenvalue weighted by molar-refractivity contribution is 1.09. The second-order valence-electron chi connectivity index (χ2n) is 7.30. The van der Waals surface area contributed by atoms with Crippen molar-refractivity contribution in [2.24, 2.45) is 0 Å². The number of aromatic amines is 2. The zero-order valence-electron chi connectivity index (χ0n) is 16.4. The van der Waals surface area contributed by atoms with Crippen LogP contribution in [0.15, 0.2) is 61.1 Å². The van der Waals surface area contributed by atoms with Gasteiger partial charge in [0.1, 0.15) is 16.7 Å².